The number of allylic oxidation sites excluding steroid dienone is 1. The number of thioether (sulfide) groups is 1. The second-order valence-electron chi connectivity index (χ2n) is 4.51. The summed E-state index contributed by atoms with van der Waals surface area (Å²) in [6.07, 6.45) is 2.77. The molecule has 0 aliphatic carbocycles. The van der Waals surface area contributed by atoms with Crippen molar-refractivity contribution in [1.29, 1.82) is 0 Å². The maximum Gasteiger partial charge on any atom is 0.373 e. The Bertz CT molecular complexity index is 470. The number of ether oxygens (including phenoxy) is 2. The second-order valence-corrected chi connectivity index (χ2v) is 5.94. The summed E-state index contributed by atoms with van der Waals surface area (Å²) in [5.74, 6) is 1.14. The largest absolute Gasteiger partial charge is 0.473 e. The number of hydrogen-bond donors (Lipinski definition) is 0. The molecule has 1 aliphatic rings. The average molecular weight is 292 g/mol. The van der Waals surface area contributed by atoms with Gasteiger partial charge in [0.1, 0.15) is 5.44 Å². The molecule has 0 bridgehead atoms. The van der Waals surface area contributed by atoms with Gasteiger partial charge in [-0.2, -0.15) is 0 Å². The van der Waals surface area contributed by atoms with Crippen LogP contribution in [-0.2, 0) is 14.3 Å². The van der Waals surface area contributed by atoms with Gasteiger partial charge in [-0.1, -0.05) is 37.3 Å². The van der Waals surface area contributed by atoms with Crippen LogP contribution in [0.15, 0.2) is 42.2 Å². The fourth-order valence-electron chi connectivity index (χ4n) is 2.23. The van der Waals surface area contributed by atoms with Crippen molar-refractivity contribution in [1.82, 2.24) is 0 Å². The van der Waals surface area contributed by atoms with Crippen LogP contribution in [0.1, 0.15) is 31.7 Å². The number of carbonyl (C=O) groups excluding carboxylic acids is 1. The van der Waals surface area contributed by atoms with Crippen molar-refractivity contribution < 1.29 is 14.3 Å². The number of rotatable bonds is 5. The minimum atomic E-state index is -0.366. The lowest BCUT2D eigenvalue weighted by atomic mass is 9.94. The number of carbonyl (C=O) groups is 1. The van der Waals surface area contributed by atoms with Crippen LogP contribution in [0.25, 0.3) is 0 Å². The van der Waals surface area contributed by atoms with Crippen LogP contribution >= 0.6 is 11.8 Å². The predicted molar refractivity (Wildman–Crippen MR) is 81.5 cm³/mol. The van der Waals surface area contributed by atoms with Crippen molar-refractivity contribution >= 4 is 17.7 Å². The Kier molecular flexibility index (Phi) is 5.53. The molecule has 2 atom stereocenters. The van der Waals surface area contributed by atoms with E-state index in [2.05, 4.69) is 19.1 Å². The van der Waals surface area contributed by atoms with Gasteiger partial charge in [-0.15, -0.1) is 11.8 Å². The van der Waals surface area contributed by atoms with Gasteiger partial charge in [0.15, 0.2) is 0 Å². The van der Waals surface area contributed by atoms with E-state index in [0.717, 1.165) is 12.2 Å². The number of esters is 1. The molecule has 1 heterocycles. The topological polar surface area (TPSA) is 35.5 Å². The molecule has 0 radical (unpaired) electrons. The van der Waals surface area contributed by atoms with Crippen LogP contribution < -0.4 is 0 Å². The highest BCUT2D eigenvalue weighted by Gasteiger charge is 2.28. The Morgan fingerprint density at radius 3 is 2.75 bits per heavy atom. The van der Waals surface area contributed by atoms with Gasteiger partial charge in [0.2, 0.25) is 5.76 Å². The van der Waals surface area contributed by atoms with Gasteiger partial charge >= 0.3 is 5.97 Å². The molecule has 0 saturated carbocycles. The number of hydrogen-bond acceptors (Lipinski definition) is 4. The third-order valence-electron chi connectivity index (χ3n) is 3.11. The van der Waals surface area contributed by atoms with Gasteiger partial charge in [-0.3, -0.25) is 0 Å². The van der Waals surface area contributed by atoms with E-state index in [0.29, 0.717) is 12.4 Å². The molecule has 1 aromatic rings. The Morgan fingerprint density at radius 2 is 2.10 bits per heavy atom. The van der Waals surface area contributed by atoms with Gasteiger partial charge in [0, 0.05) is 12.3 Å². The van der Waals surface area contributed by atoms with Crippen LogP contribution in [0.5, 0.6) is 0 Å². The number of benzene rings is 1. The predicted octanol–water partition coefficient (Wildman–Crippen LogP) is 3.72. The minimum Gasteiger partial charge on any atom is -0.473 e. The van der Waals surface area contributed by atoms with Crippen molar-refractivity contribution in [3.63, 3.8) is 0 Å². The van der Waals surface area contributed by atoms with E-state index in [-0.39, 0.29) is 17.3 Å². The van der Waals surface area contributed by atoms with Crippen LogP contribution in [0.2, 0.25) is 0 Å². The molecular weight excluding hydrogens is 272 g/mol. The summed E-state index contributed by atoms with van der Waals surface area (Å²) in [6.45, 7) is 4.25. The smallest absolute Gasteiger partial charge is 0.373 e. The van der Waals surface area contributed by atoms with E-state index in [1.807, 2.05) is 24.3 Å². The monoisotopic (exact) mass is 292 g/mol. The molecule has 1 aromatic carbocycles. The highest BCUT2D eigenvalue weighted by molar-refractivity contribution is 7.99. The molecule has 0 N–H and O–H groups in total. The van der Waals surface area contributed by atoms with Crippen LogP contribution in [-0.4, -0.2) is 23.8 Å². The first kappa shape index (κ1) is 15.0. The Morgan fingerprint density at radius 1 is 1.35 bits per heavy atom. The lowest BCUT2D eigenvalue weighted by Crippen LogP contribution is -2.23. The zero-order valence-corrected chi connectivity index (χ0v) is 12.7. The first-order valence-corrected chi connectivity index (χ1v) is 8.01. The summed E-state index contributed by atoms with van der Waals surface area (Å²) in [7, 11) is 0. The maximum atomic E-state index is 11.9. The van der Waals surface area contributed by atoms with Crippen LogP contribution in [0.3, 0.4) is 0 Å². The third kappa shape index (κ3) is 3.79. The van der Waals surface area contributed by atoms with E-state index in [1.165, 1.54) is 5.56 Å². The average Bonchev–Trinajstić information content (AvgIpc) is 2.48. The first-order valence-electron chi connectivity index (χ1n) is 6.96. The Balaban J connectivity index is 2.21. The Hall–Kier alpha value is -1.42. The van der Waals surface area contributed by atoms with E-state index in [1.54, 1.807) is 18.7 Å². The quantitative estimate of drug-likeness (QED) is 0.775. The van der Waals surface area contributed by atoms with Crippen molar-refractivity contribution in [2.24, 2.45) is 0 Å². The lowest BCUT2D eigenvalue weighted by molar-refractivity contribution is -0.143. The molecule has 0 saturated heterocycles. The van der Waals surface area contributed by atoms with Gasteiger partial charge < -0.3 is 9.47 Å². The zero-order chi connectivity index (χ0) is 14.4. The summed E-state index contributed by atoms with van der Waals surface area (Å²) >= 11 is 1.72. The molecule has 0 spiro atoms. The summed E-state index contributed by atoms with van der Waals surface area (Å²) in [6, 6.07) is 10.2. The van der Waals surface area contributed by atoms with E-state index < -0.39 is 0 Å². The molecule has 0 unspecified atom stereocenters. The maximum absolute atomic E-state index is 11.9. The van der Waals surface area contributed by atoms with Crippen LogP contribution in [0.4, 0.5) is 0 Å². The molecule has 20 heavy (non-hydrogen) atoms. The lowest BCUT2D eigenvalue weighted by Gasteiger charge is -2.28. The van der Waals surface area contributed by atoms with E-state index in [9.17, 15) is 4.79 Å². The molecular formula is C16H20O3S. The SMILES string of the molecule is CCOC(=O)C1=C[C@@H](c2ccccc2)C[C@@H](SCC)O1. The highest BCUT2D eigenvalue weighted by atomic mass is 32.2. The molecule has 108 valence electrons. The normalized spacial score (nSPS) is 21.8. The molecule has 1 aliphatic heterocycles. The summed E-state index contributed by atoms with van der Waals surface area (Å²) in [4.78, 5) is 11.9. The van der Waals surface area contributed by atoms with Crippen molar-refractivity contribution in [3.05, 3.63) is 47.7 Å². The van der Waals surface area contributed by atoms with Gasteiger partial charge in [-0.05, 0) is 24.3 Å². The summed E-state index contributed by atoms with van der Waals surface area (Å²) in [5, 5.41) is 0. The Labute approximate surface area is 124 Å². The molecule has 4 heteroatoms. The summed E-state index contributed by atoms with van der Waals surface area (Å²) in [5.41, 5.74) is 1.22. The van der Waals surface area contributed by atoms with Crippen LogP contribution in [0, 0.1) is 0 Å². The molecule has 0 fully saturated rings. The van der Waals surface area contributed by atoms with Gasteiger partial charge in [-0.25, -0.2) is 4.79 Å². The van der Waals surface area contributed by atoms with Crippen molar-refractivity contribution in [2.75, 3.05) is 12.4 Å². The first-order chi connectivity index (χ1) is 9.74. The second kappa shape index (κ2) is 7.39. The molecule has 0 aromatic heterocycles. The summed E-state index contributed by atoms with van der Waals surface area (Å²) < 4.78 is 10.8. The zero-order valence-electron chi connectivity index (χ0n) is 11.9. The fraction of sp³-hybridized carbons (Fsp3) is 0.438. The molecule has 2 rings (SSSR count). The van der Waals surface area contributed by atoms with E-state index in [4.69, 9.17) is 9.47 Å². The van der Waals surface area contributed by atoms with E-state index >= 15 is 0 Å². The minimum absolute atomic E-state index is 0.00890. The molecule has 0 amide bonds. The van der Waals surface area contributed by atoms with Crippen molar-refractivity contribution in [2.45, 2.75) is 31.6 Å². The molecule has 3 nitrogen and oxygen atoms in total. The highest BCUT2D eigenvalue weighted by Crippen LogP contribution is 2.35. The third-order valence-corrected chi connectivity index (χ3v) is 4.11. The standard InChI is InChI=1S/C16H20O3S/c1-3-18-16(17)14-10-13(11-15(19-14)20-4-2)12-8-6-5-7-9-12/h5-10,13,15H,3-4,11H2,1-2H3/t13-,15-/m1/s1. The van der Waals surface area contributed by atoms with Crippen molar-refractivity contribution in [3.8, 4) is 0 Å². The van der Waals surface area contributed by atoms with Gasteiger partial charge in [0.05, 0.1) is 6.61 Å². The fourth-order valence-corrected chi connectivity index (χ4v) is 3.11. The van der Waals surface area contributed by atoms with Gasteiger partial charge in [0.25, 0.3) is 0 Å².